The summed E-state index contributed by atoms with van der Waals surface area (Å²) < 4.78 is 35.8. The van der Waals surface area contributed by atoms with Crippen molar-refractivity contribution in [1.82, 2.24) is 4.72 Å². The third kappa shape index (κ3) is 5.31. The molecule has 0 bridgehead atoms. The van der Waals surface area contributed by atoms with Crippen molar-refractivity contribution in [2.75, 3.05) is 26.9 Å². The molecule has 9 heteroatoms. The second kappa shape index (κ2) is 7.93. The number of aliphatic hydroxyl groups is 1. The summed E-state index contributed by atoms with van der Waals surface area (Å²) in [6.45, 7) is -0.113. The largest absolute Gasteiger partial charge is 0.491 e. The molecule has 0 fully saturated rings. The lowest BCUT2D eigenvalue weighted by Gasteiger charge is -2.12. The van der Waals surface area contributed by atoms with Crippen LogP contribution in [0.3, 0.4) is 0 Å². The number of sulfonamides is 1. The van der Waals surface area contributed by atoms with Crippen molar-refractivity contribution in [2.24, 2.45) is 0 Å². The number of aliphatic carboxylic acids is 1. The third-order valence-corrected chi connectivity index (χ3v) is 3.96. The summed E-state index contributed by atoms with van der Waals surface area (Å²) >= 11 is 0. The van der Waals surface area contributed by atoms with E-state index in [4.69, 9.17) is 19.7 Å². The van der Waals surface area contributed by atoms with Gasteiger partial charge in [-0.25, -0.2) is 8.42 Å². The molecule has 1 atom stereocenters. The maximum atomic E-state index is 11.9. The first-order valence-electron chi connectivity index (χ1n) is 5.98. The van der Waals surface area contributed by atoms with E-state index in [1.54, 1.807) is 0 Å². The molecule has 0 saturated heterocycles. The molecule has 8 nitrogen and oxygen atoms in total. The number of aliphatic hydroxyl groups excluding tert-OH is 1. The van der Waals surface area contributed by atoms with Crippen LogP contribution < -0.4 is 9.46 Å². The van der Waals surface area contributed by atoms with Gasteiger partial charge in [-0.1, -0.05) is 0 Å². The second-order valence-electron chi connectivity index (χ2n) is 4.01. The minimum Gasteiger partial charge on any atom is -0.491 e. The van der Waals surface area contributed by atoms with Crippen LogP contribution in [0.1, 0.15) is 0 Å². The van der Waals surface area contributed by atoms with E-state index in [0.717, 1.165) is 0 Å². The van der Waals surface area contributed by atoms with Crippen molar-refractivity contribution in [3.05, 3.63) is 24.3 Å². The van der Waals surface area contributed by atoms with E-state index in [1.165, 1.54) is 31.4 Å². The third-order valence-electron chi connectivity index (χ3n) is 2.47. The Morgan fingerprint density at radius 2 is 1.90 bits per heavy atom. The molecular formula is C12H17NO7S. The van der Waals surface area contributed by atoms with E-state index in [9.17, 15) is 13.2 Å². The van der Waals surface area contributed by atoms with Crippen LogP contribution in [-0.2, 0) is 19.6 Å². The zero-order valence-electron chi connectivity index (χ0n) is 11.4. The summed E-state index contributed by atoms with van der Waals surface area (Å²) in [7, 11) is -2.50. The van der Waals surface area contributed by atoms with Gasteiger partial charge >= 0.3 is 5.97 Å². The van der Waals surface area contributed by atoms with Gasteiger partial charge in [-0.15, -0.1) is 0 Å². The minimum atomic E-state index is -4.03. The summed E-state index contributed by atoms with van der Waals surface area (Å²) in [5.41, 5.74) is 0. The highest BCUT2D eigenvalue weighted by Crippen LogP contribution is 2.16. The van der Waals surface area contributed by atoms with Crippen molar-refractivity contribution in [1.29, 1.82) is 0 Å². The quantitative estimate of drug-likeness (QED) is 0.521. The van der Waals surface area contributed by atoms with Crippen molar-refractivity contribution in [3.63, 3.8) is 0 Å². The van der Waals surface area contributed by atoms with E-state index in [0.29, 0.717) is 19.0 Å². The zero-order chi connectivity index (χ0) is 15.9. The van der Waals surface area contributed by atoms with Gasteiger partial charge in [0.05, 0.1) is 18.1 Å². The molecule has 1 unspecified atom stereocenters. The van der Waals surface area contributed by atoms with Gasteiger partial charge in [0, 0.05) is 7.11 Å². The predicted octanol–water partition coefficient (Wildman–Crippen LogP) is -0.564. The Labute approximate surface area is 122 Å². The second-order valence-corrected chi connectivity index (χ2v) is 5.72. The molecular weight excluding hydrogens is 302 g/mol. The Bertz CT molecular complexity index is 555. The van der Waals surface area contributed by atoms with Crippen LogP contribution in [0.5, 0.6) is 5.75 Å². The molecule has 0 saturated carbocycles. The van der Waals surface area contributed by atoms with Crippen molar-refractivity contribution in [3.8, 4) is 5.75 Å². The smallest absolute Gasteiger partial charge is 0.324 e. The monoisotopic (exact) mass is 319 g/mol. The van der Waals surface area contributed by atoms with Crippen LogP contribution in [-0.4, -0.2) is 57.6 Å². The number of carboxylic acid groups (broad SMARTS) is 1. The molecule has 0 aromatic heterocycles. The first kappa shape index (κ1) is 17.4. The van der Waals surface area contributed by atoms with Gasteiger partial charge in [0.25, 0.3) is 0 Å². The molecule has 0 spiro atoms. The van der Waals surface area contributed by atoms with E-state index < -0.39 is 28.6 Å². The topological polar surface area (TPSA) is 122 Å². The summed E-state index contributed by atoms with van der Waals surface area (Å²) in [5, 5.41) is 17.6. The van der Waals surface area contributed by atoms with Crippen LogP contribution in [0.4, 0.5) is 0 Å². The Balaban J connectivity index is 2.77. The van der Waals surface area contributed by atoms with Crippen LogP contribution >= 0.6 is 0 Å². The minimum absolute atomic E-state index is 0.124. The molecule has 0 radical (unpaired) electrons. The number of nitrogens with one attached hydrogen (secondary N) is 1. The van der Waals surface area contributed by atoms with Crippen LogP contribution in [0.2, 0.25) is 0 Å². The normalized spacial score (nSPS) is 12.9. The lowest BCUT2D eigenvalue weighted by Crippen LogP contribution is -2.43. The highest BCUT2D eigenvalue weighted by atomic mass is 32.2. The highest BCUT2D eigenvalue weighted by Gasteiger charge is 2.24. The molecule has 0 aliphatic carbocycles. The van der Waals surface area contributed by atoms with Gasteiger partial charge in [-0.2, -0.15) is 4.72 Å². The van der Waals surface area contributed by atoms with Gasteiger partial charge in [-0.3, -0.25) is 4.79 Å². The van der Waals surface area contributed by atoms with Crippen molar-refractivity contribution >= 4 is 16.0 Å². The number of methoxy groups -OCH3 is 1. The molecule has 21 heavy (non-hydrogen) atoms. The lowest BCUT2D eigenvalue weighted by molar-refractivity contribution is -0.139. The lowest BCUT2D eigenvalue weighted by atomic mass is 10.3. The molecule has 1 aromatic rings. The number of benzene rings is 1. The van der Waals surface area contributed by atoms with Crippen LogP contribution in [0, 0.1) is 0 Å². The van der Waals surface area contributed by atoms with E-state index >= 15 is 0 Å². The Kier molecular flexibility index (Phi) is 6.56. The van der Waals surface area contributed by atoms with E-state index in [1.807, 2.05) is 4.72 Å². The van der Waals surface area contributed by atoms with Crippen LogP contribution in [0.25, 0.3) is 0 Å². The molecule has 118 valence electrons. The van der Waals surface area contributed by atoms with Crippen molar-refractivity contribution in [2.45, 2.75) is 10.9 Å². The maximum absolute atomic E-state index is 11.9. The molecule has 3 N–H and O–H groups in total. The number of carboxylic acids is 1. The van der Waals surface area contributed by atoms with Gasteiger partial charge in [0.15, 0.2) is 0 Å². The fourth-order valence-corrected chi connectivity index (χ4v) is 2.56. The summed E-state index contributed by atoms with van der Waals surface area (Å²) in [5.74, 6) is -0.997. The zero-order valence-corrected chi connectivity index (χ0v) is 12.2. The van der Waals surface area contributed by atoms with Gasteiger partial charge in [0.1, 0.15) is 18.4 Å². The highest BCUT2D eigenvalue weighted by molar-refractivity contribution is 7.89. The SMILES string of the molecule is COCCOc1ccc(S(=O)(=O)NC(CO)C(=O)O)cc1. The number of hydrogen-bond donors (Lipinski definition) is 3. The summed E-state index contributed by atoms with van der Waals surface area (Å²) in [6.07, 6.45) is 0. The number of carbonyl (C=O) groups is 1. The van der Waals surface area contributed by atoms with E-state index in [-0.39, 0.29) is 4.90 Å². The first-order valence-corrected chi connectivity index (χ1v) is 7.47. The average Bonchev–Trinajstić information content (AvgIpc) is 2.45. The Hall–Kier alpha value is -1.68. The van der Waals surface area contributed by atoms with Gasteiger partial charge < -0.3 is 19.7 Å². The standard InChI is InChI=1S/C12H17NO7S/c1-19-6-7-20-9-2-4-10(5-3-9)21(17,18)13-11(8-14)12(15)16/h2-5,11,13-14H,6-8H2,1H3,(H,15,16). The molecule has 0 aliphatic heterocycles. The fraction of sp³-hybridized carbons (Fsp3) is 0.417. The number of rotatable bonds is 9. The fourth-order valence-electron chi connectivity index (χ4n) is 1.38. The molecule has 1 rings (SSSR count). The van der Waals surface area contributed by atoms with Gasteiger partial charge in [0.2, 0.25) is 10.0 Å². The van der Waals surface area contributed by atoms with Gasteiger partial charge in [-0.05, 0) is 24.3 Å². The maximum Gasteiger partial charge on any atom is 0.324 e. The van der Waals surface area contributed by atoms with Crippen LogP contribution in [0.15, 0.2) is 29.2 Å². The van der Waals surface area contributed by atoms with Crippen molar-refractivity contribution < 1.29 is 32.9 Å². The Morgan fingerprint density at radius 3 is 2.38 bits per heavy atom. The summed E-state index contributed by atoms with van der Waals surface area (Å²) in [6, 6.07) is 3.85. The molecule has 0 aliphatic rings. The first-order chi connectivity index (χ1) is 9.90. The van der Waals surface area contributed by atoms with E-state index in [2.05, 4.69) is 0 Å². The molecule has 1 aromatic carbocycles. The summed E-state index contributed by atoms with van der Waals surface area (Å²) in [4.78, 5) is 10.6. The number of hydrogen-bond acceptors (Lipinski definition) is 6. The predicted molar refractivity (Wildman–Crippen MR) is 72.6 cm³/mol. The number of ether oxygens (including phenoxy) is 2. The Morgan fingerprint density at radius 1 is 1.29 bits per heavy atom. The molecule has 0 heterocycles. The average molecular weight is 319 g/mol. The molecule has 0 amide bonds.